The van der Waals surface area contributed by atoms with Crippen molar-refractivity contribution in [3.63, 3.8) is 0 Å². The molecule has 2 N–H and O–H groups in total. The maximum Gasteiger partial charge on any atom is 0.161 e. The molecule has 0 radical (unpaired) electrons. The van der Waals surface area contributed by atoms with Gasteiger partial charge in [0.15, 0.2) is 11.5 Å². The molecule has 1 saturated heterocycles. The maximum absolute atomic E-state index is 11.2. The lowest BCUT2D eigenvalue weighted by atomic mass is 9.42. The van der Waals surface area contributed by atoms with Crippen LogP contribution in [0.25, 0.3) is 0 Å². The molecule has 0 aromatic heterocycles. The number of likely N-dealkylation sites (tertiary alicyclic amines) is 1. The van der Waals surface area contributed by atoms with E-state index in [1.807, 2.05) is 6.07 Å². The summed E-state index contributed by atoms with van der Waals surface area (Å²) in [7, 11) is 1.62. The fraction of sp³-hybridized carbons (Fsp3) is 0.739. The Morgan fingerprint density at radius 3 is 2.75 bits per heavy atom. The summed E-state index contributed by atoms with van der Waals surface area (Å²) in [4.78, 5) is 2.74. The van der Waals surface area contributed by atoms with Crippen LogP contribution in [0.4, 0.5) is 0 Å². The van der Waals surface area contributed by atoms with Gasteiger partial charge in [-0.15, -0.1) is 0 Å². The summed E-state index contributed by atoms with van der Waals surface area (Å²) in [5.74, 6) is 1.70. The predicted octanol–water partition coefficient (Wildman–Crippen LogP) is 3.53. The molecule has 2 saturated carbocycles. The number of aromatic hydroxyl groups is 1. The predicted molar refractivity (Wildman–Crippen MR) is 113 cm³/mol. The van der Waals surface area contributed by atoms with Crippen LogP contribution < -0.4 is 4.74 Å². The maximum atomic E-state index is 11.2. The van der Waals surface area contributed by atoms with Gasteiger partial charge in [-0.25, -0.2) is 0 Å². The second-order valence-electron chi connectivity index (χ2n) is 9.75. The Bertz CT molecular complexity index is 779. The number of fused-ring (bicyclic) bond motifs is 1. The zero-order valence-electron chi connectivity index (χ0n) is 17.0. The van der Waals surface area contributed by atoms with E-state index in [0.29, 0.717) is 17.5 Å². The van der Waals surface area contributed by atoms with E-state index in [0.717, 1.165) is 50.1 Å². The molecule has 4 nitrogen and oxygen atoms in total. The molecule has 5 atom stereocenters. The average molecular weight is 404 g/mol. The van der Waals surface area contributed by atoms with Gasteiger partial charge in [0, 0.05) is 34.2 Å². The topological polar surface area (TPSA) is 52.9 Å². The summed E-state index contributed by atoms with van der Waals surface area (Å²) in [5.41, 5.74) is 2.03. The van der Waals surface area contributed by atoms with E-state index in [4.69, 9.17) is 17.4 Å². The van der Waals surface area contributed by atoms with Crippen molar-refractivity contribution in [2.24, 2.45) is 11.3 Å². The number of thiol groups is 1. The smallest absolute Gasteiger partial charge is 0.161 e. The molecule has 4 aliphatic rings. The highest BCUT2D eigenvalue weighted by Gasteiger charge is 2.67. The SMILES string of the molecule is COc1ccc2c(c1O)[C@]13CCN(CC4CC4)[C@H](C2)[C@]1(C(C)S)CC[C@H](O)C3. The fourth-order valence-corrected chi connectivity index (χ4v) is 7.72. The van der Waals surface area contributed by atoms with Gasteiger partial charge >= 0.3 is 0 Å². The number of ether oxygens (including phenoxy) is 1. The van der Waals surface area contributed by atoms with Crippen LogP contribution >= 0.6 is 12.6 Å². The number of phenols is 1. The molecule has 0 spiro atoms. The van der Waals surface area contributed by atoms with E-state index >= 15 is 0 Å². The van der Waals surface area contributed by atoms with E-state index in [-0.39, 0.29) is 22.2 Å². The highest BCUT2D eigenvalue weighted by molar-refractivity contribution is 7.81. The van der Waals surface area contributed by atoms with Crippen LogP contribution in [0.1, 0.15) is 56.6 Å². The van der Waals surface area contributed by atoms with Gasteiger partial charge in [-0.3, -0.25) is 4.90 Å². The molecule has 2 bridgehead atoms. The number of hydrogen-bond acceptors (Lipinski definition) is 5. The Morgan fingerprint density at radius 1 is 1.29 bits per heavy atom. The normalized spacial score (nSPS) is 38.4. The van der Waals surface area contributed by atoms with Gasteiger partial charge in [-0.2, -0.15) is 12.6 Å². The van der Waals surface area contributed by atoms with Crippen LogP contribution in [0.15, 0.2) is 12.1 Å². The molecular formula is C23H33NO3S. The lowest BCUT2D eigenvalue weighted by molar-refractivity contribution is -0.121. The molecule has 1 heterocycles. The van der Waals surface area contributed by atoms with Crippen molar-refractivity contribution < 1.29 is 14.9 Å². The third-order valence-electron chi connectivity index (χ3n) is 8.50. The van der Waals surface area contributed by atoms with Crippen molar-refractivity contribution in [1.82, 2.24) is 4.90 Å². The van der Waals surface area contributed by atoms with Crippen molar-refractivity contribution >= 4 is 12.6 Å². The van der Waals surface area contributed by atoms with Crippen LogP contribution in [-0.4, -0.2) is 52.7 Å². The van der Waals surface area contributed by atoms with Gasteiger partial charge in [0.25, 0.3) is 0 Å². The zero-order valence-corrected chi connectivity index (χ0v) is 17.9. The van der Waals surface area contributed by atoms with Crippen molar-refractivity contribution in [2.75, 3.05) is 20.2 Å². The number of rotatable bonds is 4. The molecule has 1 aromatic rings. The fourth-order valence-electron chi connectivity index (χ4n) is 7.18. The van der Waals surface area contributed by atoms with E-state index in [1.54, 1.807) is 7.11 Å². The molecule has 28 heavy (non-hydrogen) atoms. The van der Waals surface area contributed by atoms with E-state index in [2.05, 4.69) is 17.9 Å². The minimum absolute atomic E-state index is 0.0284. The van der Waals surface area contributed by atoms with Gasteiger partial charge in [0.05, 0.1) is 13.2 Å². The quantitative estimate of drug-likeness (QED) is 0.673. The molecule has 1 aromatic carbocycles. The van der Waals surface area contributed by atoms with Crippen LogP contribution in [0, 0.1) is 11.3 Å². The summed E-state index contributed by atoms with van der Waals surface area (Å²) in [6.45, 7) is 4.49. The van der Waals surface area contributed by atoms with Crippen molar-refractivity contribution in [1.29, 1.82) is 0 Å². The lowest BCUT2D eigenvalue weighted by Gasteiger charge is -2.68. The highest BCUT2D eigenvalue weighted by Crippen LogP contribution is 2.67. The molecule has 154 valence electrons. The monoisotopic (exact) mass is 403 g/mol. The molecule has 0 amide bonds. The van der Waals surface area contributed by atoms with Crippen molar-refractivity contribution in [3.8, 4) is 11.5 Å². The number of benzene rings is 1. The molecular weight excluding hydrogens is 370 g/mol. The van der Waals surface area contributed by atoms with Gasteiger partial charge in [-0.05, 0) is 69.0 Å². The summed E-state index contributed by atoms with van der Waals surface area (Å²) >= 11 is 5.09. The number of piperidine rings is 1. The van der Waals surface area contributed by atoms with E-state index in [9.17, 15) is 10.2 Å². The third-order valence-corrected chi connectivity index (χ3v) is 8.96. The van der Waals surface area contributed by atoms with Gasteiger partial charge in [0.1, 0.15) is 0 Å². The number of aliphatic hydroxyl groups excluding tert-OH is 1. The summed E-state index contributed by atoms with van der Waals surface area (Å²) in [6.07, 6.45) is 6.89. The van der Waals surface area contributed by atoms with Crippen LogP contribution in [-0.2, 0) is 11.8 Å². The van der Waals surface area contributed by atoms with Crippen LogP contribution in [0.5, 0.6) is 11.5 Å². The Morgan fingerprint density at radius 2 is 2.07 bits per heavy atom. The summed E-state index contributed by atoms with van der Waals surface area (Å²) < 4.78 is 5.49. The average Bonchev–Trinajstić information content (AvgIpc) is 3.47. The Balaban J connectivity index is 1.72. The number of hydrogen-bond donors (Lipinski definition) is 3. The number of aliphatic hydroxyl groups is 1. The Labute approximate surface area is 173 Å². The molecule has 1 aliphatic heterocycles. The second-order valence-corrected chi connectivity index (χ2v) is 10.5. The number of methoxy groups -OCH3 is 1. The summed E-state index contributed by atoms with van der Waals surface area (Å²) in [5, 5.41) is 22.2. The molecule has 3 aliphatic carbocycles. The van der Waals surface area contributed by atoms with Gasteiger partial charge < -0.3 is 14.9 Å². The largest absolute Gasteiger partial charge is 0.504 e. The van der Waals surface area contributed by atoms with Crippen molar-refractivity contribution in [3.05, 3.63) is 23.3 Å². The van der Waals surface area contributed by atoms with E-state index < -0.39 is 0 Å². The van der Waals surface area contributed by atoms with Crippen molar-refractivity contribution in [2.45, 2.75) is 74.7 Å². The first-order valence-electron chi connectivity index (χ1n) is 10.9. The number of nitrogens with zero attached hydrogens (tertiary/aromatic N) is 1. The first kappa shape index (κ1) is 19.1. The molecule has 5 rings (SSSR count). The second kappa shape index (κ2) is 6.55. The minimum atomic E-state index is -0.313. The highest BCUT2D eigenvalue weighted by atomic mass is 32.1. The lowest BCUT2D eigenvalue weighted by Crippen LogP contribution is -2.71. The van der Waals surface area contributed by atoms with Gasteiger partial charge in [-0.1, -0.05) is 13.0 Å². The number of phenolic OH excluding ortho intramolecular Hbond substituents is 1. The molecule has 3 fully saturated rings. The first-order chi connectivity index (χ1) is 13.4. The Kier molecular flexibility index (Phi) is 4.46. The Hall–Kier alpha value is -0.910. The van der Waals surface area contributed by atoms with Crippen LogP contribution in [0.2, 0.25) is 0 Å². The molecule has 5 heteroatoms. The van der Waals surface area contributed by atoms with Gasteiger partial charge in [0.2, 0.25) is 0 Å². The third kappa shape index (κ3) is 2.45. The first-order valence-corrected chi connectivity index (χ1v) is 11.4. The van der Waals surface area contributed by atoms with Crippen LogP contribution in [0.3, 0.4) is 0 Å². The zero-order chi connectivity index (χ0) is 19.7. The standard InChI is InChI=1S/C23H33NO3S/c1-14(28)23-8-7-17(25)12-22(23)9-10-24(13-15-3-4-15)19(23)11-16-5-6-18(27-2)21(26)20(16)22/h5-6,14-15,17,19,25-26,28H,3-4,7-13H2,1-2H3/t14?,17-,19+,22+,23+/m0/s1. The minimum Gasteiger partial charge on any atom is -0.504 e. The summed E-state index contributed by atoms with van der Waals surface area (Å²) in [6, 6.07) is 4.49. The van der Waals surface area contributed by atoms with E-state index in [1.165, 1.54) is 24.9 Å². The molecule has 1 unspecified atom stereocenters.